The van der Waals surface area contributed by atoms with Crippen LogP contribution in [0.4, 0.5) is 11.5 Å². The van der Waals surface area contributed by atoms with Crippen molar-refractivity contribution in [1.82, 2.24) is 9.88 Å². The van der Waals surface area contributed by atoms with Crippen molar-refractivity contribution < 1.29 is 4.92 Å². The lowest BCUT2D eigenvalue weighted by Crippen LogP contribution is -2.29. The van der Waals surface area contributed by atoms with Crippen LogP contribution in [0.2, 0.25) is 0 Å². The average Bonchev–Trinajstić information content (AvgIpc) is 2.38. The molecule has 1 rings (SSSR count). The average molecular weight is 252 g/mol. The summed E-state index contributed by atoms with van der Waals surface area (Å²) >= 11 is 0. The van der Waals surface area contributed by atoms with E-state index in [1.54, 1.807) is 12.3 Å². The number of likely N-dealkylation sites (N-methyl/N-ethyl adjacent to an activating group) is 1. The Balaban J connectivity index is 2.50. The molecular weight excluding hydrogens is 232 g/mol. The van der Waals surface area contributed by atoms with Crippen molar-refractivity contribution in [3.63, 3.8) is 0 Å². The third-order valence-electron chi connectivity index (χ3n) is 2.69. The van der Waals surface area contributed by atoms with E-state index in [0.29, 0.717) is 12.4 Å². The Labute approximate surface area is 107 Å². The SMILES string of the molecule is CCCN(CC)CCNc1ncccc1[N+](=O)[O-]. The summed E-state index contributed by atoms with van der Waals surface area (Å²) in [5.41, 5.74) is 0.0241. The minimum absolute atomic E-state index is 0.0241. The monoisotopic (exact) mass is 252 g/mol. The van der Waals surface area contributed by atoms with Crippen LogP contribution in [0.15, 0.2) is 18.3 Å². The van der Waals surface area contributed by atoms with Crippen molar-refractivity contribution in [3.8, 4) is 0 Å². The molecule has 6 nitrogen and oxygen atoms in total. The normalized spacial score (nSPS) is 10.6. The number of nitrogens with one attached hydrogen (secondary N) is 1. The van der Waals surface area contributed by atoms with Crippen LogP contribution in [0, 0.1) is 10.1 Å². The number of rotatable bonds is 8. The maximum Gasteiger partial charge on any atom is 0.311 e. The fourth-order valence-corrected chi connectivity index (χ4v) is 1.76. The molecule has 0 bridgehead atoms. The molecule has 0 aliphatic rings. The van der Waals surface area contributed by atoms with Gasteiger partial charge in [-0.05, 0) is 25.6 Å². The maximum absolute atomic E-state index is 10.8. The molecule has 0 saturated carbocycles. The molecule has 0 aliphatic carbocycles. The number of aromatic nitrogens is 1. The van der Waals surface area contributed by atoms with Crippen molar-refractivity contribution in [2.45, 2.75) is 20.3 Å². The molecule has 6 heteroatoms. The van der Waals surface area contributed by atoms with Crippen molar-refractivity contribution in [3.05, 3.63) is 28.4 Å². The van der Waals surface area contributed by atoms with Crippen LogP contribution in [0.1, 0.15) is 20.3 Å². The molecule has 0 amide bonds. The van der Waals surface area contributed by atoms with Gasteiger partial charge in [0.25, 0.3) is 0 Å². The van der Waals surface area contributed by atoms with Crippen molar-refractivity contribution in [2.24, 2.45) is 0 Å². The zero-order chi connectivity index (χ0) is 13.4. The summed E-state index contributed by atoms with van der Waals surface area (Å²) in [6.45, 7) is 7.80. The highest BCUT2D eigenvalue weighted by atomic mass is 16.6. The summed E-state index contributed by atoms with van der Waals surface area (Å²) in [5, 5.41) is 13.8. The summed E-state index contributed by atoms with van der Waals surface area (Å²) in [7, 11) is 0. The van der Waals surface area contributed by atoms with Gasteiger partial charge in [-0.15, -0.1) is 0 Å². The van der Waals surface area contributed by atoms with Gasteiger partial charge in [-0.25, -0.2) is 4.98 Å². The Morgan fingerprint density at radius 1 is 1.44 bits per heavy atom. The predicted molar refractivity (Wildman–Crippen MR) is 71.8 cm³/mol. The van der Waals surface area contributed by atoms with E-state index >= 15 is 0 Å². The van der Waals surface area contributed by atoms with E-state index < -0.39 is 4.92 Å². The maximum atomic E-state index is 10.8. The van der Waals surface area contributed by atoms with E-state index in [1.807, 2.05) is 0 Å². The Bertz CT molecular complexity index is 384. The summed E-state index contributed by atoms with van der Waals surface area (Å²) < 4.78 is 0. The van der Waals surface area contributed by atoms with Gasteiger partial charge >= 0.3 is 5.69 Å². The first-order valence-electron chi connectivity index (χ1n) is 6.24. The van der Waals surface area contributed by atoms with Gasteiger partial charge in [-0.3, -0.25) is 10.1 Å². The van der Waals surface area contributed by atoms with Crippen molar-refractivity contribution >= 4 is 11.5 Å². The van der Waals surface area contributed by atoms with Gasteiger partial charge in [0.2, 0.25) is 5.82 Å². The summed E-state index contributed by atoms with van der Waals surface area (Å²) in [4.78, 5) is 16.7. The van der Waals surface area contributed by atoms with E-state index in [2.05, 4.69) is 29.0 Å². The lowest BCUT2D eigenvalue weighted by atomic mass is 10.3. The van der Waals surface area contributed by atoms with Gasteiger partial charge in [-0.1, -0.05) is 13.8 Å². The van der Waals surface area contributed by atoms with Crippen LogP contribution in [-0.4, -0.2) is 41.0 Å². The molecule has 0 spiro atoms. The van der Waals surface area contributed by atoms with E-state index in [-0.39, 0.29) is 5.69 Å². The standard InChI is InChI=1S/C12H20N4O2/c1-3-9-15(4-2)10-8-14-12-11(16(17)18)6-5-7-13-12/h5-7H,3-4,8-10H2,1-2H3,(H,13,14). The highest BCUT2D eigenvalue weighted by Crippen LogP contribution is 2.19. The molecule has 1 aromatic rings. The summed E-state index contributed by atoms with van der Waals surface area (Å²) in [6, 6.07) is 3.03. The molecule has 0 aromatic carbocycles. The first kappa shape index (κ1) is 14.4. The Morgan fingerprint density at radius 2 is 2.22 bits per heavy atom. The Morgan fingerprint density at radius 3 is 2.83 bits per heavy atom. The second kappa shape index (κ2) is 7.60. The molecule has 1 N–H and O–H groups in total. The molecule has 1 aromatic heterocycles. The van der Waals surface area contributed by atoms with Crippen molar-refractivity contribution in [2.75, 3.05) is 31.5 Å². The number of anilines is 1. The molecule has 1 heterocycles. The lowest BCUT2D eigenvalue weighted by molar-refractivity contribution is -0.384. The van der Waals surface area contributed by atoms with E-state index in [4.69, 9.17) is 0 Å². The first-order valence-corrected chi connectivity index (χ1v) is 6.24. The quantitative estimate of drug-likeness (QED) is 0.567. The van der Waals surface area contributed by atoms with Gasteiger partial charge in [0.05, 0.1) is 4.92 Å². The Kier molecular flexibility index (Phi) is 6.07. The van der Waals surface area contributed by atoms with Crippen LogP contribution in [0.5, 0.6) is 0 Å². The minimum atomic E-state index is -0.418. The van der Waals surface area contributed by atoms with Crippen LogP contribution in [0.3, 0.4) is 0 Å². The minimum Gasteiger partial charge on any atom is -0.363 e. The second-order valence-electron chi connectivity index (χ2n) is 3.99. The smallest absolute Gasteiger partial charge is 0.311 e. The van der Waals surface area contributed by atoms with Gasteiger partial charge < -0.3 is 10.2 Å². The third kappa shape index (κ3) is 4.29. The molecule has 0 radical (unpaired) electrons. The van der Waals surface area contributed by atoms with Gasteiger partial charge in [0.1, 0.15) is 0 Å². The third-order valence-corrected chi connectivity index (χ3v) is 2.69. The highest BCUT2D eigenvalue weighted by Gasteiger charge is 2.13. The van der Waals surface area contributed by atoms with Crippen LogP contribution in [-0.2, 0) is 0 Å². The van der Waals surface area contributed by atoms with Gasteiger partial charge in [0.15, 0.2) is 0 Å². The molecule has 0 aliphatic heterocycles. The zero-order valence-corrected chi connectivity index (χ0v) is 10.9. The van der Waals surface area contributed by atoms with Gasteiger partial charge in [-0.2, -0.15) is 0 Å². The van der Waals surface area contributed by atoms with E-state index in [0.717, 1.165) is 26.1 Å². The number of hydrogen-bond acceptors (Lipinski definition) is 5. The number of nitro groups is 1. The summed E-state index contributed by atoms with van der Waals surface area (Å²) in [6.07, 6.45) is 2.66. The van der Waals surface area contributed by atoms with Crippen LogP contribution in [0.25, 0.3) is 0 Å². The largest absolute Gasteiger partial charge is 0.363 e. The van der Waals surface area contributed by atoms with Crippen LogP contribution < -0.4 is 5.32 Å². The highest BCUT2D eigenvalue weighted by molar-refractivity contribution is 5.54. The predicted octanol–water partition coefficient (Wildman–Crippen LogP) is 2.13. The fourth-order valence-electron chi connectivity index (χ4n) is 1.76. The van der Waals surface area contributed by atoms with Crippen LogP contribution >= 0.6 is 0 Å². The fraction of sp³-hybridized carbons (Fsp3) is 0.583. The van der Waals surface area contributed by atoms with Gasteiger partial charge in [0, 0.05) is 25.4 Å². The number of nitrogens with zero attached hydrogens (tertiary/aromatic N) is 3. The first-order chi connectivity index (χ1) is 8.69. The molecular formula is C12H20N4O2. The summed E-state index contributed by atoms with van der Waals surface area (Å²) in [5.74, 6) is 0.343. The van der Waals surface area contributed by atoms with E-state index in [9.17, 15) is 10.1 Å². The second-order valence-corrected chi connectivity index (χ2v) is 3.99. The topological polar surface area (TPSA) is 71.3 Å². The molecule has 100 valence electrons. The van der Waals surface area contributed by atoms with Crippen molar-refractivity contribution in [1.29, 1.82) is 0 Å². The molecule has 0 fully saturated rings. The Hall–Kier alpha value is -1.69. The molecule has 0 saturated heterocycles. The molecule has 18 heavy (non-hydrogen) atoms. The lowest BCUT2D eigenvalue weighted by Gasteiger charge is -2.19. The molecule has 0 atom stereocenters. The number of hydrogen-bond donors (Lipinski definition) is 1. The zero-order valence-electron chi connectivity index (χ0n) is 10.9. The van der Waals surface area contributed by atoms with E-state index in [1.165, 1.54) is 6.07 Å². The number of pyridine rings is 1. The molecule has 0 unspecified atom stereocenters.